The average molecular weight is 258 g/mol. The van der Waals surface area contributed by atoms with Crippen molar-refractivity contribution in [3.05, 3.63) is 0 Å². The van der Waals surface area contributed by atoms with Gasteiger partial charge >= 0.3 is 12.0 Å². The summed E-state index contributed by atoms with van der Waals surface area (Å²) in [5.74, 6) is -0.0224. The molecule has 18 heavy (non-hydrogen) atoms. The van der Waals surface area contributed by atoms with Crippen molar-refractivity contribution in [2.75, 3.05) is 6.61 Å². The summed E-state index contributed by atoms with van der Waals surface area (Å²) < 4.78 is 0. The predicted octanol–water partition coefficient (Wildman–Crippen LogP) is 0.556. The van der Waals surface area contributed by atoms with E-state index in [1.807, 2.05) is 0 Å². The van der Waals surface area contributed by atoms with Gasteiger partial charge in [-0.3, -0.25) is 0 Å². The van der Waals surface area contributed by atoms with Crippen molar-refractivity contribution in [3.63, 3.8) is 0 Å². The van der Waals surface area contributed by atoms with Crippen molar-refractivity contribution in [3.8, 4) is 0 Å². The lowest BCUT2D eigenvalue weighted by molar-refractivity contribution is -0.140. The number of aliphatic carboxylic acids is 1. The molecular weight excluding hydrogens is 236 g/mol. The Morgan fingerprint density at radius 3 is 2.44 bits per heavy atom. The third-order valence-electron chi connectivity index (χ3n) is 3.72. The second-order valence-corrected chi connectivity index (χ2v) is 5.16. The van der Waals surface area contributed by atoms with Crippen molar-refractivity contribution in [2.24, 2.45) is 11.8 Å². The van der Waals surface area contributed by atoms with Gasteiger partial charge in [-0.15, -0.1) is 0 Å². The van der Waals surface area contributed by atoms with Crippen LogP contribution in [0.1, 0.15) is 33.1 Å². The van der Waals surface area contributed by atoms with Crippen LogP contribution < -0.4 is 10.6 Å². The molecule has 2 amide bonds. The largest absolute Gasteiger partial charge is 0.480 e. The molecule has 0 heterocycles. The van der Waals surface area contributed by atoms with E-state index >= 15 is 0 Å². The molecule has 0 aromatic heterocycles. The van der Waals surface area contributed by atoms with Gasteiger partial charge in [0.25, 0.3) is 0 Å². The molecule has 0 radical (unpaired) electrons. The van der Waals surface area contributed by atoms with Gasteiger partial charge < -0.3 is 20.8 Å². The summed E-state index contributed by atoms with van der Waals surface area (Å²) in [5.41, 5.74) is 0. The molecule has 0 aromatic carbocycles. The Morgan fingerprint density at radius 2 is 1.94 bits per heavy atom. The van der Waals surface area contributed by atoms with E-state index in [4.69, 9.17) is 10.2 Å². The van der Waals surface area contributed by atoms with Crippen LogP contribution in [-0.2, 0) is 4.79 Å². The van der Waals surface area contributed by atoms with Gasteiger partial charge in [0.1, 0.15) is 0 Å². The van der Waals surface area contributed by atoms with Crippen LogP contribution in [0.5, 0.6) is 0 Å². The predicted molar refractivity (Wildman–Crippen MR) is 66.1 cm³/mol. The maximum atomic E-state index is 11.6. The summed E-state index contributed by atoms with van der Waals surface area (Å²) in [7, 11) is 0. The van der Waals surface area contributed by atoms with Crippen LogP contribution in [0, 0.1) is 11.8 Å². The molecule has 1 saturated carbocycles. The number of nitrogens with one attached hydrogen (secondary N) is 2. The van der Waals surface area contributed by atoms with Crippen LogP contribution in [0.25, 0.3) is 0 Å². The molecule has 104 valence electrons. The fourth-order valence-corrected chi connectivity index (χ4v) is 2.25. The quantitative estimate of drug-likeness (QED) is 0.592. The van der Waals surface area contributed by atoms with Crippen LogP contribution in [0.3, 0.4) is 0 Å². The normalized spacial score (nSPS) is 29.4. The first kappa shape index (κ1) is 14.8. The number of aliphatic hydroxyl groups is 1. The summed E-state index contributed by atoms with van der Waals surface area (Å²) in [6.07, 6.45) is 2.88. The fraction of sp³-hybridized carbons (Fsp3) is 0.833. The Labute approximate surface area is 107 Å². The van der Waals surface area contributed by atoms with E-state index < -0.39 is 24.6 Å². The van der Waals surface area contributed by atoms with Crippen LogP contribution in [-0.4, -0.2) is 40.9 Å². The minimum Gasteiger partial charge on any atom is -0.480 e. The first-order valence-corrected chi connectivity index (χ1v) is 6.34. The van der Waals surface area contributed by atoms with Gasteiger partial charge in [0.2, 0.25) is 0 Å². The minimum absolute atomic E-state index is 0.0873. The first-order chi connectivity index (χ1) is 8.43. The number of rotatable bonds is 4. The van der Waals surface area contributed by atoms with E-state index in [2.05, 4.69) is 24.5 Å². The zero-order chi connectivity index (χ0) is 13.7. The van der Waals surface area contributed by atoms with Crippen molar-refractivity contribution >= 4 is 12.0 Å². The average Bonchev–Trinajstić information content (AvgIpc) is 2.30. The molecule has 6 nitrogen and oxygen atoms in total. The van der Waals surface area contributed by atoms with Gasteiger partial charge in [-0.2, -0.15) is 0 Å². The lowest BCUT2D eigenvalue weighted by Crippen LogP contribution is -2.51. The molecule has 1 aliphatic carbocycles. The van der Waals surface area contributed by atoms with Gasteiger partial charge in [0, 0.05) is 6.04 Å². The topological polar surface area (TPSA) is 98.7 Å². The third kappa shape index (κ3) is 4.18. The van der Waals surface area contributed by atoms with Gasteiger partial charge in [0.15, 0.2) is 6.04 Å². The molecule has 0 aliphatic heterocycles. The van der Waals surface area contributed by atoms with Crippen molar-refractivity contribution in [1.82, 2.24) is 10.6 Å². The Balaban J connectivity index is 2.38. The number of carboxylic acid groups (broad SMARTS) is 1. The zero-order valence-electron chi connectivity index (χ0n) is 10.8. The highest BCUT2D eigenvalue weighted by atomic mass is 16.4. The Bertz CT molecular complexity index is 308. The van der Waals surface area contributed by atoms with Crippen LogP contribution in [0.4, 0.5) is 4.79 Å². The highest BCUT2D eigenvalue weighted by Crippen LogP contribution is 2.29. The Kier molecular flexibility index (Phi) is 5.40. The maximum absolute atomic E-state index is 11.6. The fourth-order valence-electron chi connectivity index (χ4n) is 2.25. The number of carbonyl (C=O) groups excluding carboxylic acids is 1. The monoisotopic (exact) mass is 258 g/mol. The number of carboxylic acids is 1. The summed E-state index contributed by atoms with van der Waals surface area (Å²) in [6, 6.07) is -1.68. The van der Waals surface area contributed by atoms with Crippen LogP contribution in [0.15, 0.2) is 0 Å². The molecule has 3 unspecified atom stereocenters. The number of aliphatic hydroxyl groups excluding tert-OH is 1. The van der Waals surface area contributed by atoms with E-state index in [9.17, 15) is 9.59 Å². The zero-order valence-corrected chi connectivity index (χ0v) is 10.8. The van der Waals surface area contributed by atoms with Gasteiger partial charge in [-0.25, -0.2) is 9.59 Å². The van der Waals surface area contributed by atoms with E-state index in [0.717, 1.165) is 19.3 Å². The molecule has 4 N–H and O–H groups in total. The standard InChI is InChI=1S/C12H22N2O4/c1-7-3-4-9(5-8(7)2)13-12(18)14-10(6-15)11(16)17/h7-10,15H,3-6H2,1-2H3,(H,16,17)(H2,13,14,18)/t7?,8?,9?,10-/m1/s1. The molecule has 1 aliphatic rings. The number of urea groups is 1. The lowest BCUT2D eigenvalue weighted by atomic mass is 9.79. The Morgan fingerprint density at radius 1 is 1.28 bits per heavy atom. The van der Waals surface area contributed by atoms with Gasteiger partial charge in [-0.05, 0) is 31.1 Å². The molecular formula is C12H22N2O4. The van der Waals surface area contributed by atoms with E-state index in [-0.39, 0.29) is 6.04 Å². The maximum Gasteiger partial charge on any atom is 0.328 e. The Hall–Kier alpha value is -1.30. The molecule has 0 saturated heterocycles. The van der Waals surface area contributed by atoms with E-state index in [0.29, 0.717) is 11.8 Å². The number of carbonyl (C=O) groups is 2. The van der Waals surface area contributed by atoms with Crippen molar-refractivity contribution in [2.45, 2.75) is 45.2 Å². The SMILES string of the molecule is CC1CCC(NC(=O)N[C@H](CO)C(=O)O)CC1C. The highest BCUT2D eigenvalue weighted by molar-refractivity contribution is 5.82. The molecule has 0 aromatic rings. The molecule has 4 atom stereocenters. The summed E-state index contributed by atoms with van der Waals surface area (Å²) >= 11 is 0. The number of amides is 2. The molecule has 6 heteroatoms. The van der Waals surface area contributed by atoms with Crippen LogP contribution in [0.2, 0.25) is 0 Å². The van der Waals surface area contributed by atoms with Crippen molar-refractivity contribution < 1.29 is 19.8 Å². The summed E-state index contributed by atoms with van der Waals surface area (Å²) in [4.78, 5) is 22.2. The minimum atomic E-state index is -1.25. The number of hydrogen-bond donors (Lipinski definition) is 4. The third-order valence-corrected chi connectivity index (χ3v) is 3.72. The van der Waals surface area contributed by atoms with Gasteiger partial charge in [-0.1, -0.05) is 13.8 Å². The van der Waals surface area contributed by atoms with Crippen molar-refractivity contribution in [1.29, 1.82) is 0 Å². The second kappa shape index (κ2) is 6.58. The first-order valence-electron chi connectivity index (χ1n) is 6.34. The number of hydrogen-bond acceptors (Lipinski definition) is 3. The molecule has 1 rings (SSSR count). The smallest absolute Gasteiger partial charge is 0.328 e. The van der Waals surface area contributed by atoms with E-state index in [1.54, 1.807) is 0 Å². The second-order valence-electron chi connectivity index (χ2n) is 5.16. The highest BCUT2D eigenvalue weighted by Gasteiger charge is 2.26. The molecule has 0 bridgehead atoms. The summed E-state index contributed by atoms with van der Waals surface area (Å²) in [6.45, 7) is 3.75. The molecule has 1 fully saturated rings. The molecule has 0 spiro atoms. The summed E-state index contributed by atoms with van der Waals surface area (Å²) in [5, 5.41) is 22.5. The van der Waals surface area contributed by atoms with E-state index in [1.165, 1.54) is 0 Å². The lowest BCUT2D eigenvalue weighted by Gasteiger charge is -2.32. The van der Waals surface area contributed by atoms with Crippen LogP contribution >= 0.6 is 0 Å². The van der Waals surface area contributed by atoms with Gasteiger partial charge in [0.05, 0.1) is 6.61 Å².